The second kappa shape index (κ2) is 7.59. The first-order valence-corrected chi connectivity index (χ1v) is 7.50. The van der Waals surface area contributed by atoms with Gasteiger partial charge in [-0.15, -0.1) is 0 Å². The molecule has 0 spiro atoms. The Morgan fingerprint density at radius 3 is 1.55 bits per heavy atom. The Hall–Kier alpha value is -1.59. The van der Waals surface area contributed by atoms with E-state index in [1.165, 1.54) is 0 Å². The standard InChI is InChI=1S/C11H8F13NO3S/c1-4(2)5(26)28-10(21,22)9(19,20)25(3)29(27)11(23,24)7(14,15)6(12,13)8(16,17)18/h1H2,2-3H3. The first-order chi connectivity index (χ1) is 12.4. The monoisotopic (exact) mass is 481 g/mol. The Bertz CT molecular complexity index is 688. The average molecular weight is 481 g/mol. The summed E-state index contributed by atoms with van der Waals surface area (Å²) in [5.41, 5.74) is -0.953. The van der Waals surface area contributed by atoms with Crippen LogP contribution in [0.25, 0.3) is 0 Å². The molecule has 0 aromatic heterocycles. The molecule has 172 valence electrons. The van der Waals surface area contributed by atoms with Crippen molar-refractivity contribution in [1.29, 1.82) is 0 Å². The number of esters is 1. The smallest absolute Gasteiger partial charge is 0.392 e. The number of likely N-dealkylation sites (N-methyl/N-ethyl adjacent to an activating group) is 1. The summed E-state index contributed by atoms with van der Waals surface area (Å²) in [4.78, 5) is 10.9. The second-order valence-corrected chi connectivity index (χ2v) is 6.70. The maximum absolute atomic E-state index is 13.6. The number of hydrogen-bond donors (Lipinski definition) is 0. The van der Waals surface area contributed by atoms with E-state index in [9.17, 15) is 66.1 Å². The molecule has 0 aliphatic carbocycles. The van der Waals surface area contributed by atoms with Crippen LogP contribution in [0.15, 0.2) is 12.2 Å². The molecule has 0 N–H and O–H groups in total. The Labute approximate surface area is 154 Å². The van der Waals surface area contributed by atoms with E-state index in [1.807, 2.05) is 0 Å². The molecule has 4 nitrogen and oxygen atoms in total. The average Bonchev–Trinajstić information content (AvgIpc) is 2.50. The number of carbonyl (C=O) groups is 1. The lowest BCUT2D eigenvalue weighted by molar-refractivity contribution is -0.383. The minimum atomic E-state index is -7.63. The number of carbonyl (C=O) groups excluding carboxylic acids is 1. The first kappa shape index (κ1) is 27.4. The van der Waals surface area contributed by atoms with Gasteiger partial charge in [0, 0.05) is 12.6 Å². The number of ether oxygens (including phenoxy) is 1. The van der Waals surface area contributed by atoms with E-state index in [1.54, 1.807) is 0 Å². The van der Waals surface area contributed by atoms with Crippen LogP contribution in [0.1, 0.15) is 6.92 Å². The molecule has 0 aromatic rings. The molecule has 0 amide bonds. The fourth-order valence-electron chi connectivity index (χ4n) is 1.19. The molecular weight excluding hydrogens is 473 g/mol. The Balaban J connectivity index is 6.13. The molecule has 1 unspecified atom stereocenters. The number of nitrogens with zero attached hydrogens (tertiary/aromatic N) is 1. The lowest BCUT2D eigenvalue weighted by atomic mass is 10.1. The van der Waals surface area contributed by atoms with Crippen molar-refractivity contribution in [2.24, 2.45) is 0 Å². The lowest BCUT2D eigenvalue weighted by Gasteiger charge is -2.37. The van der Waals surface area contributed by atoms with Crippen LogP contribution in [-0.4, -0.2) is 57.0 Å². The van der Waals surface area contributed by atoms with Gasteiger partial charge >= 0.3 is 41.4 Å². The lowest BCUT2D eigenvalue weighted by Crippen LogP contribution is -2.66. The zero-order chi connectivity index (χ0) is 24.0. The van der Waals surface area contributed by atoms with E-state index in [-0.39, 0.29) is 0 Å². The number of halogens is 13. The summed E-state index contributed by atoms with van der Waals surface area (Å²) in [6.07, 6.45) is -13.6. The van der Waals surface area contributed by atoms with E-state index in [4.69, 9.17) is 0 Å². The van der Waals surface area contributed by atoms with Crippen LogP contribution >= 0.6 is 0 Å². The molecule has 0 bridgehead atoms. The van der Waals surface area contributed by atoms with E-state index in [0.29, 0.717) is 6.92 Å². The van der Waals surface area contributed by atoms with Crippen molar-refractivity contribution >= 4 is 17.0 Å². The van der Waals surface area contributed by atoms with Gasteiger partial charge in [0.25, 0.3) is 0 Å². The molecule has 18 heteroatoms. The zero-order valence-corrected chi connectivity index (χ0v) is 14.5. The molecule has 1 atom stereocenters. The van der Waals surface area contributed by atoms with Crippen molar-refractivity contribution in [3.63, 3.8) is 0 Å². The van der Waals surface area contributed by atoms with Gasteiger partial charge in [0.05, 0.1) is 0 Å². The third kappa shape index (κ3) is 4.46. The zero-order valence-electron chi connectivity index (χ0n) is 13.7. The van der Waals surface area contributed by atoms with Crippen LogP contribution in [-0.2, 0) is 20.5 Å². The van der Waals surface area contributed by atoms with Crippen molar-refractivity contribution < 1.29 is 70.8 Å². The highest BCUT2D eigenvalue weighted by Crippen LogP contribution is 2.55. The SMILES string of the molecule is C=C(C)C(=O)OC(F)(F)C(F)(F)N(C)S(=O)C(F)(F)C(F)(F)C(F)(F)C(F)(F)F. The third-order valence-electron chi connectivity index (χ3n) is 2.90. The number of hydrogen-bond acceptors (Lipinski definition) is 3. The van der Waals surface area contributed by atoms with Crippen molar-refractivity contribution in [3.8, 4) is 0 Å². The van der Waals surface area contributed by atoms with Crippen LogP contribution in [0, 0.1) is 0 Å². The second-order valence-electron chi connectivity index (χ2n) is 5.14. The van der Waals surface area contributed by atoms with Crippen LogP contribution < -0.4 is 0 Å². The van der Waals surface area contributed by atoms with Crippen LogP contribution in [0.5, 0.6) is 0 Å². The van der Waals surface area contributed by atoms with Gasteiger partial charge in [0.2, 0.25) is 0 Å². The Morgan fingerprint density at radius 1 is 0.862 bits per heavy atom. The summed E-state index contributed by atoms with van der Waals surface area (Å²) >= 11 is 0. The molecule has 0 aromatic carbocycles. The van der Waals surface area contributed by atoms with E-state index >= 15 is 0 Å². The van der Waals surface area contributed by atoms with Gasteiger partial charge in [-0.3, -0.25) is 0 Å². The summed E-state index contributed by atoms with van der Waals surface area (Å²) in [6, 6.07) is -6.35. The highest BCUT2D eigenvalue weighted by atomic mass is 32.2. The Morgan fingerprint density at radius 2 is 1.24 bits per heavy atom. The molecule has 29 heavy (non-hydrogen) atoms. The van der Waals surface area contributed by atoms with Crippen LogP contribution in [0.3, 0.4) is 0 Å². The third-order valence-corrected chi connectivity index (χ3v) is 4.32. The molecule has 0 fully saturated rings. The predicted molar refractivity (Wildman–Crippen MR) is 67.6 cm³/mol. The summed E-state index contributed by atoms with van der Waals surface area (Å²) in [7, 11) is -6.35. The molecule has 0 radical (unpaired) electrons. The molecule has 0 rings (SSSR count). The Kier molecular flexibility index (Phi) is 7.17. The van der Waals surface area contributed by atoms with Gasteiger partial charge in [0.1, 0.15) is 0 Å². The van der Waals surface area contributed by atoms with Gasteiger partial charge in [0.15, 0.2) is 11.0 Å². The summed E-state index contributed by atoms with van der Waals surface area (Å²) in [5, 5.41) is -7.15. The van der Waals surface area contributed by atoms with E-state index in [2.05, 4.69) is 11.3 Å². The van der Waals surface area contributed by atoms with Crippen molar-refractivity contribution in [2.45, 2.75) is 42.4 Å². The number of rotatable bonds is 8. The molecular formula is C11H8F13NO3S. The summed E-state index contributed by atoms with van der Waals surface area (Å²) in [5.74, 6) is -17.5. The summed E-state index contributed by atoms with van der Waals surface area (Å²) in [6.45, 7) is 3.33. The van der Waals surface area contributed by atoms with Gasteiger partial charge in [-0.05, 0) is 6.92 Å². The van der Waals surface area contributed by atoms with E-state index < -0.39 is 69.3 Å². The topological polar surface area (TPSA) is 46.6 Å². The highest BCUT2D eigenvalue weighted by Gasteiger charge is 2.84. The van der Waals surface area contributed by atoms with Crippen molar-refractivity contribution in [1.82, 2.24) is 4.31 Å². The maximum Gasteiger partial charge on any atom is 0.483 e. The van der Waals surface area contributed by atoms with Gasteiger partial charge in [-0.2, -0.15) is 61.4 Å². The predicted octanol–water partition coefficient (Wildman–Crippen LogP) is 4.31. The maximum atomic E-state index is 13.6. The fourth-order valence-corrected chi connectivity index (χ4v) is 2.20. The molecule has 0 saturated heterocycles. The molecule has 0 heterocycles. The molecule has 0 saturated carbocycles. The van der Waals surface area contributed by atoms with Crippen molar-refractivity contribution in [2.75, 3.05) is 7.05 Å². The highest BCUT2D eigenvalue weighted by molar-refractivity contribution is 7.83. The molecule has 0 aliphatic rings. The van der Waals surface area contributed by atoms with Crippen LogP contribution in [0.2, 0.25) is 0 Å². The summed E-state index contributed by atoms with van der Waals surface area (Å²) < 4.78 is 180. The van der Waals surface area contributed by atoms with Crippen LogP contribution in [0.4, 0.5) is 57.1 Å². The van der Waals surface area contributed by atoms with Crippen molar-refractivity contribution in [3.05, 3.63) is 12.2 Å². The quantitative estimate of drug-likeness (QED) is 0.225. The van der Waals surface area contributed by atoms with Gasteiger partial charge in [-0.25, -0.2) is 9.00 Å². The normalized spacial score (nSPS) is 16.0. The first-order valence-electron chi connectivity index (χ1n) is 6.40. The van der Waals surface area contributed by atoms with Gasteiger partial charge < -0.3 is 4.74 Å². The minimum absolute atomic E-state index is 0.645. The minimum Gasteiger partial charge on any atom is -0.392 e. The fraction of sp³-hybridized carbons (Fsp3) is 0.727. The van der Waals surface area contributed by atoms with E-state index in [0.717, 1.165) is 0 Å². The number of alkyl halides is 13. The largest absolute Gasteiger partial charge is 0.483 e. The molecule has 0 aliphatic heterocycles. The van der Waals surface area contributed by atoms with Gasteiger partial charge in [-0.1, -0.05) is 6.58 Å².